The van der Waals surface area contributed by atoms with E-state index in [2.05, 4.69) is 55.1 Å². The van der Waals surface area contributed by atoms with Crippen molar-refractivity contribution < 1.29 is 4.74 Å². The van der Waals surface area contributed by atoms with Crippen molar-refractivity contribution in [3.63, 3.8) is 0 Å². The predicted octanol–water partition coefficient (Wildman–Crippen LogP) is 4.03. The molecule has 0 radical (unpaired) electrons. The third-order valence-corrected chi connectivity index (χ3v) is 3.27. The second kappa shape index (κ2) is 6.28. The van der Waals surface area contributed by atoms with Crippen LogP contribution in [0.25, 0.3) is 0 Å². The van der Waals surface area contributed by atoms with Crippen LogP contribution in [-0.2, 0) is 6.54 Å². The number of hydrogen-bond acceptors (Lipinski definition) is 2. The molecule has 2 aromatic carbocycles. The number of ether oxygens (including phenoxy) is 1. The number of nitrogens with zero attached hydrogens (tertiary/aromatic N) is 1. The van der Waals surface area contributed by atoms with Gasteiger partial charge in [-0.1, -0.05) is 36.4 Å². The van der Waals surface area contributed by atoms with Gasteiger partial charge in [0.25, 0.3) is 0 Å². The zero-order chi connectivity index (χ0) is 13.7. The Morgan fingerprint density at radius 1 is 1.05 bits per heavy atom. The molecule has 0 amide bonds. The normalized spacial score (nSPS) is 10.3. The van der Waals surface area contributed by atoms with Gasteiger partial charge in [-0.15, -0.1) is 0 Å². The van der Waals surface area contributed by atoms with E-state index in [4.69, 9.17) is 4.74 Å². The molecule has 0 aliphatic rings. The van der Waals surface area contributed by atoms with Crippen molar-refractivity contribution in [2.45, 2.75) is 20.4 Å². The first kappa shape index (κ1) is 13.5. The van der Waals surface area contributed by atoms with Crippen LogP contribution >= 0.6 is 0 Å². The van der Waals surface area contributed by atoms with Gasteiger partial charge < -0.3 is 9.64 Å². The quantitative estimate of drug-likeness (QED) is 0.799. The number of anilines is 1. The van der Waals surface area contributed by atoms with Crippen molar-refractivity contribution in [3.05, 3.63) is 59.7 Å². The van der Waals surface area contributed by atoms with Crippen molar-refractivity contribution in [2.24, 2.45) is 0 Å². The van der Waals surface area contributed by atoms with E-state index >= 15 is 0 Å². The molecular formula is C17H21NO. The molecule has 0 fully saturated rings. The summed E-state index contributed by atoms with van der Waals surface area (Å²) in [6, 6.07) is 16.8. The van der Waals surface area contributed by atoms with Gasteiger partial charge in [-0.25, -0.2) is 0 Å². The van der Waals surface area contributed by atoms with Crippen molar-refractivity contribution in [3.8, 4) is 5.75 Å². The molecule has 0 atom stereocenters. The molecule has 0 N–H and O–H groups in total. The van der Waals surface area contributed by atoms with Crippen LogP contribution in [0.5, 0.6) is 5.75 Å². The maximum Gasteiger partial charge on any atom is 0.142 e. The Balaban J connectivity index is 2.29. The summed E-state index contributed by atoms with van der Waals surface area (Å²) in [5, 5.41) is 0. The fraction of sp³-hybridized carbons (Fsp3) is 0.294. The molecular weight excluding hydrogens is 234 g/mol. The van der Waals surface area contributed by atoms with Gasteiger partial charge in [0.05, 0.1) is 12.8 Å². The third-order valence-electron chi connectivity index (χ3n) is 3.27. The lowest BCUT2D eigenvalue weighted by molar-refractivity contribution is 0.414. The molecule has 0 heterocycles. The van der Waals surface area contributed by atoms with Gasteiger partial charge in [-0.05, 0) is 37.1 Å². The van der Waals surface area contributed by atoms with Crippen LogP contribution in [0, 0.1) is 6.92 Å². The fourth-order valence-electron chi connectivity index (χ4n) is 2.22. The highest BCUT2D eigenvalue weighted by atomic mass is 16.5. The molecule has 19 heavy (non-hydrogen) atoms. The Morgan fingerprint density at radius 3 is 2.42 bits per heavy atom. The summed E-state index contributed by atoms with van der Waals surface area (Å²) in [7, 11) is 1.73. The summed E-state index contributed by atoms with van der Waals surface area (Å²) >= 11 is 0. The first-order chi connectivity index (χ1) is 9.24. The first-order valence-corrected chi connectivity index (χ1v) is 6.68. The van der Waals surface area contributed by atoms with Crippen LogP contribution in [0.4, 0.5) is 5.69 Å². The van der Waals surface area contributed by atoms with Gasteiger partial charge >= 0.3 is 0 Å². The largest absolute Gasteiger partial charge is 0.495 e. The van der Waals surface area contributed by atoms with Gasteiger partial charge in [-0.2, -0.15) is 0 Å². The monoisotopic (exact) mass is 255 g/mol. The molecule has 0 saturated carbocycles. The molecule has 2 aromatic rings. The van der Waals surface area contributed by atoms with Gasteiger partial charge in [0.1, 0.15) is 5.75 Å². The fourth-order valence-corrected chi connectivity index (χ4v) is 2.22. The van der Waals surface area contributed by atoms with Crippen LogP contribution in [0.1, 0.15) is 18.1 Å². The third kappa shape index (κ3) is 3.28. The van der Waals surface area contributed by atoms with E-state index in [0.29, 0.717) is 0 Å². The highest BCUT2D eigenvalue weighted by Gasteiger charge is 2.11. The number of benzene rings is 2. The Kier molecular flexibility index (Phi) is 4.45. The molecule has 0 bridgehead atoms. The van der Waals surface area contributed by atoms with E-state index in [1.807, 2.05) is 12.1 Å². The molecule has 2 nitrogen and oxygen atoms in total. The highest BCUT2D eigenvalue weighted by Crippen LogP contribution is 2.30. The van der Waals surface area contributed by atoms with Gasteiger partial charge in [0, 0.05) is 13.1 Å². The first-order valence-electron chi connectivity index (χ1n) is 6.68. The van der Waals surface area contributed by atoms with Crippen LogP contribution < -0.4 is 9.64 Å². The second-order valence-electron chi connectivity index (χ2n) is 4.68. The van der Waals surface area contributed by atoms with Gasteiger partial charge in [-0.3, -0.25) is 0 Å². The Labute approximate surface area is 115 Å². The predicted molar refractivity (Wildman–Crippen MR) is 80.9 cm³/mol. The average molecular weight is 255 g/mol. The lowest BCUT2D eigenvalue weighted by Gasteiger charge is -2.25. The average Bonchev–Trinajstić information content (AvgIpc) is 2.46. The van der Waals surface area contributed by atoms with Crippen molar-refractivity contribution in [1.82, 2.24) is 0 Å². The molecule has 0 aliphatic heterocycles. The highest BCUT2D eigenvalue weighted by molar-refractivity contribution is 5.60. The van der Waals surface area contributed by atoms with Crippen LogP contribution in [0.3, 0.4) is 0 Å². The zero-order valence-electron chi connectivity index (χ0n) is 11.9. The molecule has 0 aliphatic carbocycles. The summed E-state index contributed by atoms with van der Waals surface area (Å²) in [6.07, 6.45) is 0. The number of methoxy groups -OCH3 is 1. The lowest BCUT2D eigenvalue weighted by atomic mass is 10.1. The van der Waals surface area contributed by atoms with E-state index < -0.39 is 0 Å². The van der Waals surface area contributed by atoms with E-state index in [9.17, 15) is 0 Å². The molecule has 0 spiro atoms. The van der Waals surface area contributed by atoms with Crippen molar-refractivity contribution in [1.29, 1.82) is 0 Å². The maximum atomic E-state index is 5.48. The van der Waals surface area contributed by atoms with E-state index in [1.165, 1.54) is 11.1 Å². The van der Waals surface area contributed by atoms with Crippen molar-refractivity contribution >= 4 is 5.69 Å². The standard InChI is InChI=1S/C17H21NO/c1-4-18(13-15-8-6-5-7-9-15)16-12-14(2)10-11-17(16)19-3/h5-12H,4,13H2,1-3H3. The summed E-state index contributed by atoms with van der Waals surface area (Å²) in [5.74, 6) is 0.934. The topological polar surface area (TPSA) is 12.5 Å². The molecule has 100 valence electrons. The van der Waals surface area contributed by atoms with Crippen LogP contribution in [-0.4, -0.2) is 13.7 Å². The lowest BCUT2D eigenvalue weighted by Crippen LogP contribution is -2.22. The van der Waals surface area contributed by atoms with Gasteiger partial charge in [0.2, 0.25) is 0 Å². The molecule has 2 heteroatoms. The summed E-state index contributed by atoms with van der Waals surface area (Å²) in [6.45, 7) is 6.13. The summed E-state index contributed by atoms with van der Waals surface area (Å²) in [5.41, 5.74) is 3.73. The number of aryl methyl sites for hydroxylation is 1. The maximum absolute atomic E-state index is 5.48. The minimum absolute atomic E-state index is 0.900. The molecule has 2 rings (SSSR count). The SMILES string of the molecule is CCN(Cc1ccccc1)c1cc(C)ccc1OC. The van der Waals surface area contributed by atoms with E-state index in [0.717, 1.165) is 24.5 Å². The van der Waals surface area contributed by atoms with E-state index in [1.54, 1.807) is 7.11 Å². The minimum atomic E-state index is 0.900. The van der Waals surface area contributed by atoms with Crippen molar-refractivity contribution in [2.75, 3.05) is 18.6 Å². The summed E-state index contributed by atoms with van der Waals surface area (Å²) < 4.78 is 5.48. The molecule has 0 unspecified atom stereocenters. The number of rotatable bonds is 5. The zero-order valence-corrected chi connectivity index (χ0v) is 11.9. The van der Waals surface area contributed by atoms with Crippen LogP contribution in [0.2, 0.25) is 0 Å². The Hall–Kier alpha value is -1.96. The smallest absolute Gasteiger partial charge is 0.142 e. The second-order valence-corrected chi connectivity index (χ2v) is 4.68. The van der Waals surface area contributed by atoms with Crippen LogP contribution in [0.15, 0.2) is 48.5 Å². The molecule has 0 aromatic heterocycles. The molecule has 0 saturated heterocycles. The number of hydrogen-bond donors (Lipinski definition) is 0. The Morgan fingerprint density at radius 2 is 1.79 bits per heavy atom. The minimum Gasteiger partial charge on any atom is -0.495 e. The van der Waals surface area contributed by atoms with Gasteiger partial charge in [0.15, 0.2) is 0 Å². The summed E-state index contributed by atoms with van der Waals surface area (Å²) in [4.78, 5) is 2.33. The van der Waals surface area contributed by atoms with E-state index in [-0.39, 0.29) is 0 Å². The Bertz CT molecular complexity index is 522.